The van der Waals surface area contributed by atoms with E-state index in [2.05, 4.69) is 0 Å². The third-order valence-corrected chi connectivity index (χ3v) is 3.49. The zero-order chi connectivity index (χ0) is 13.1. The number of aryl methyl sites for hydroxylation is 1. The Morgan fingerprint density at radius 2 is 1.56 bits per heavy atom. The van der Waals surface area contributed by atoms with Gasteiger partial charge in [-0.1, -0.05) is 48.0 Å². The van der Waals surface area contributed by atoms with Crippen LogP contribution in [-0.2, 0) is 13.2 Å². The Bertz CT molecular complexity index is 564. The first-order valence-corrected chi connectivity index (χ1v) is 6.14. The lowest BCUT2D eigenvalue weighted by Crippen LogP contribution is -1.95. The highest BCUT2D eigenvalue weighted by Crippen LogP contribution is 2.35. The fourth-order valence-electron chi connectivity index (χ4n) is 2.14. The number of aliphatic hydroxyl groups excluding tert-OH is 2. The van der Waals surface area contributed by atoms with E-state index in [0.717, 1.165) is 22.3 Å². The van der Waals surface area contributed by atoms with E-state index in [1.165, 1.54) is 0 Å². The van der Waals surface area contributed by atoms with Gasteiger partial charge in [-0.2, -0.15) is 0 Å². The predicted molar refractivity (Wildman–Crippen MR) is 73.5 cm³/mol. The monoisotopic (exact) mass is 262 g/mol. The molecule has 0 saturated heterocycles. The van der Waals surface area contributed by atoms with Crippen LogP contribution in [0.15, 0.2) is 36.4 Å². The lowest BCUT2D eigenvalue weighted by molar-refractivity contribution is 0.282. The predicted octanol–water partition coefficient (Wildman–Crippen LogP) is 3.30. The summed E-state index contributed by atoms with van der Waals surface area (Å²) in [5.74, 6) is 0. The highest BCUT2D eigenvalue weighted by molar-refractivity contribution is 6.34. The van der Waals surface area contributed by atoms with Crippen LogP contribution in [0.3, 0.4) is 0 Å². The molecule has 2 N–H and O–H groups in total. The summed E-state index contributed by atoms with van der Waals surface area (Å²) in [6, 6.07) is 11.3. The number of benzene rings is 2. The highest BCUT2D eigenvalue weighted by Gasteiger charge is 2.12. The smallest absolute Gasteiger partial charge is 0.0696 e. The second-order valence-corrected chi connectivity index (χ2v) is 4.58. The zero-order valence-electron chi connectivity index (χ0n) is 10.2. The van der Waals surface area contributed by atoms with Gasteiger partial charge in [0.15, 0.2) is 0 Å². The number of aliphatic hydroxyl groups is 2. The topological polar surface area (TPSA) is 40.5 Å². The van der Waals surface area contributed by atoms with Gasteiger partial charge in [0.2, 0.25) is 0 Å². The van der Waals surface area contributed by atoms with Crippen molar-refractivity contribution in [3.05, 3.63) is 58.1 Å². The molecule has 0 aliphatic carbocycles. The molecule has 0 unspecified atom stereocenters. The molecule has 0 amide bonds. The van der Waals surface area contributed by atoms with Crippen molar-refractivity contribution in [2.24, 2.45) is 0 Å². The summed E-state index contributed by atoms with van der Waals surface area (Å²) < 4.78 is 0. The lowest BCUT2D eigenvalue weighted by Gasteiger charge is -2.14. The maximum atomic E-state index is 9.43. The number of rotatable bonds is 3. The molecule has 2 rings (SSSR count). The molecule has 2 nitrogen and oxygen atoms in total. The van der Waals surface area contributed by atoms with E-state index >= 15 is 0 Å². The number of hydrogen-bond acceptors (Lipinski definition) is 2. The molecule has 2 aromatic carbocycles. The van der Waals surface area contributed by atoms with Crippen LogP contribution in [0.5, 0.6) is 0 Å². The molecule has 0 aliphatic heterocycles. The van der Waals surface area contributed by atoms with Crippen LogP contribution in [0.25, 0.3) is 11.1 Å². The Kier molecular flexibility index (Phi) is 4.02. The molecule has 0 spiro atoms. The SMILES string of the molecule is Cc1cccc(CO)c1-c1cccc(CO)c1Cl. The average molecular weight is 263 g/mol. The fraction of sp³-hybridized carbons (Fsp3) is 0.200. The third kappa shape index (κ3) is 2.27. The van der Waals surface area contributed by atoms with Gasteiger partial charge in [0.05, 0.1) is 18.2 Å². The fourth-order valence-corrected chi connectivity index (χ4v) is 2.42. The maximum absolute atomic E-state index is 9.43. The molecular formula is C15H15ClO2. The second-order valence-electron chi connectivity index (χ2n) is 4.20. The summed E-state index contributed by atoms with van der Waals surface area (Å²) in [5, 5.41) is 19.2. The van der Waals surface area contributed by atoms with Crippen molar-refractivity contribution in [1.29, 1.82) is 0 Å². The number of hydrogen-bond donors (Lipinski definition) is 2. The van der Waals surface area contributed by atoms with E-state index in [0.29, 0.717) is 10.6 Å². The highest BCUT2D eigenvalue weighted by atomic mass is 35.5. The van der Waals surface area contributed by atoms with E-state index in [1.54, 1.807) is 6.07 Å². The van der Waals surface area contributed by atoms with Crippen LogP contribution < -0.4 is 0 Å². The van der Waals surface area contributed by atoms with Gasteiger partial charge < -0.3 is 10.2 Å². The summed E-state index contributed by atoms with van der Waals surface area (Å²) in [5.41, 5.74) is 4.39. The second kappa shape index (κ2) is 5.53. The molecule has 94 valence electrons. The number of halogens is 1. The van der Waals surface area contributed by atoms with Crippen LogP contribution in [0.1, 0.15) is 16.7 Å². The molecule has 0 atom stereocenters. The summed E-state index contributed by atoms with van der Waals surface area (Å²) in [7, 11) is 0. The minimum Gasteiger partial charge on any atom is -0.392 e. The Balaban J connectivity index is 2.69. The normalized spacial score (nSPS) is 10.7. The minimum atomic E-state index is -0.0903. The Labute approximate surface area is 111 Å². The lowest BCUT2D eigenvalue weighted by atomic mass is 9.94. The molecule has 2 aromatic rings. The van der Waals surface area contributed by atoms with E-state index in [4.69, 9.17) is 11.6 Å². The van der Waals surface area contributed by atoms with Gasteiger partial charge in [-0.25, -0.2) is 0 Å². The first-order valence-electron chi connectivity index (χ1n) is 5.77. The Morgan fingerprint density at radius 1 is 0.944 bits per heavy atom. The Hall–Kier alpha value is -1.35. The maximum Gasteiger partial charge on any atom is 0.0696 e. The molecule has 0 heterocycles. The van der Waals surface area contributed by atoms with Crippen molar-refractivity contribution in [3.8, 4) is 11.1 Å². The van der Waals surface area contributed by atoms with Gasteiger partial charge in [-0.15, -0.1) is 0 Å². The molecule has 0 saturated carbocycles. The van der Waals surface area contributed by atoms with Crippen molar-refractivity contribution < 1.29 is 10.2 Å². The molecule has 0 radical (unpaired) electrons. The molecule has 18 heavy (non-hydrogen) atoms. The van der Waals surface area contributed by atoms with Crippen LogP contribution in [0.4, 0.5) is 0 Å². The van der Waals surface area contributed by atoms with Crippen LogP contribution in [-0.4, -0.2) is 10.2 Å². The van der Waals surface area contributed by atoms with E-state index < -0.39 is 0 Å². The summed E-state index contributed by atoms with van der Waals surface area (Å²) in [6.07, 6.45) is 0. The van der Waals surface area contributed by atoms with Crippen LogP contribution in [0, 0.1) is 6.92 Å². The quantitative estimate of drug-likeness (QED) is 0.891. The van der Waals surface area contributed by atoms with Crippen molar-refractivity contribution in [2.45, 2.75) is 20.1 Å². The standard InChI is InChI=1S/C15H15ClO2/c1-10-4-2-5-11(8-17)14(10)13-7-3-6-12(9-18)15(13)16/h2-7,17-18H,8-9H2,1H3. The van der Waals surface area contributed by atoms with Crippen molar-refractivity contribution >= 4 is 11.6 Å². The molecule has 0 aromatic heterocycles. The molecular weight excluding hydrogens is 248 g/mol. The van der Waals surface area contributed by atoms with Gasteiger partial charge in [-0.05, 0) is 29.2 Å². The summed E-state index contributed by atoms with van der Waals surface area (Å²) in [6.45, 7) is 1.86. The van der Waals surface area contributed by atoms with Crippen LogP contribution in [0.2, 0.25) is 5.02 Å². The van der Waals surface area contributed by atoms with E-state index in [-0.39, 0.29) is 13.2 Å². The first-order chi connectivity index (χ1) is 8.69. The van der Waals surface area contributed by atoms with Crippen molar-refractivity contribution in [1.82, 2.24) is 0 Å². The third-order valence-electron chi connectivity index (χ3n) is 3.05. The minimum absolute atomic E-state index is 0.0311. The largest absolute Gasteiger partial charge is 0.392 e. The zero-order valence-corrected chi connectivity index (χ0v) is 10.9. The van der Waals surface area contributed by atoms with Gasteiger partial charge >= 0.3 is 0 Å². The summed E-state index contributed by atoms with van der Waals surface area (Å²) in [4.78, 5) is 0. The van der Waals surface area contributed by atoms with Crippen molar-refractivity contribution in [3.63, 3.8) is 0 Å². The van der Waals surface area contributed by atoms with Crippen molar-refractivity contribution in [2.75, 3.05) is 0 Å². The van der Waals surface area contributed by atoms with Gasteiger partial charge in [-0.3, -0.25) is 0 Å². The molecule has 3 heteroatoms. The molecule has 0 aliphatic rings. The van der Waals surface area contributed by atoms with Gasteiger partial charge in [0, 0.05) is 5.56 Å². The van der Waals surface area contributed by atoms with E-state index in [9.17, 15) is 10.2 Å². The first kappa shape index (κ1) is 13.1. The molecule has 0 fully saturated rings. The Morgan fingerprint density at radius 3 is 2.22 bits per heavy atom. The summed E-state index contributed by atoms with van der Waals surface area (Å²) >= 11 is 6.30. The average Bonchev–Trinajstić information content (AvgIpc) is 2.39. The van der Waals surface area contributed by atoms with Crippen LogP contribution >= 0.6 is 11.6 Å². The van der Waals surface area contributed by atoms with E-state index in [1.807, 2.05) is 37.3 Å². The van der Waals surface area contributed by atoms with Gasteiger partial charge in [0.25, 0.3) is 0 Å². The molecule has 0 bridgehead atoms. The van der Waals surface area contributed by atoms with Gasteiger partial charge in [0.1, 0.15) is 0 Å².